The lowest BCUT2D eigenvalue weighted by atomic mass is 9.99. The molecular formula is C23H33NO2. The van der Waals surface area contributed by atoms with E-state index in [9.17, 15) is 9.59 Å². The third-order valence-corrected chi connectivity index (χ3v) is 4.47. The summed E-state index contributed by atoms with van der Waals surface area (Å²) in [5.41, 5.74) is 3.61. The Kier molecular flexibility index (Phi) is 9.64. The van der Waals surface area contributed by atoms with E-state index in [4.69, 9.17) is 0 Å². The molecule has 1 atom stereocenters. The number of anilines is 1. The van der Waals surface area contributed by atoms with Gasteiger partial charge < -0.3 is 9.69 Å². The van der Waals surface area contributed by atoms with Crippen LogP contribution in [0.1, 0.15) is 58.9 Å². The zero-order chi connectivity index (χ0) is 19.5. The summed E-state index contributed by atoms with van der Waals surface area (Å²) in [5.74, 6) is 0.807. The third kappa shape index (κ3) is 9.36. The molecule has 0 spiro atoms. The van der Waals surface area contributed by atoms with E-state index in [0.29, 0.717) is 12.3 Å². The Morgan fingerprint density at radius 2 is 1.77 bits per heavy atom. The van der Waals surface area contributed by atoms with Crippen molar-refractivity contribution in [3.05, 3.63) is 47.6 Å². The number of Topliss-reactive ketones (excluding diaryl/α,β-unsaturated/α-hetero) is 1. The standard InChI is InChI=1S/C23H33NO2/c1-18(7-6-8-19(2)17-21(4)26)15-16-24(5)23-13-11-22(12-14-23)10-9-20(3)25/h7,9-14,19H,6,8,15-17H2,1-5H3/b10-9+,18-7-/t19-/m0/s1. The van der Waals surface area contributed by atoms with Crippen LogP contribution in [0.5, 0.6) is 0 Å². The summed E-state index contributed by atoms with van der Waals surface area (Å²) in [6, 6.07) is 8.24. The lowest BCUT2D eigenvalue weighted by molar-refractivity contribution is -0.117. The number of carbonyl (C=O) groups excluding carboxylic acids is 2. The minimum absolute atomic E-state index is 0.0594. The fourth-order valence-corrected chi connectivity index (χ4v) is 2.84. The van der Waals surface area contributed by atoms with Crippen molar-refractivity contribution in [1.29, 1.82) is 0 Å². The van der Waals surface area contributed by atoms with Gasteiger partial charge in [0.15, 0.2) is 5.78 Å². The molecule has 0 heterocycles. The molecule has 1 aromatic rings. The summed E-state index contributed by atoms with van der Waals surface area (Å²) in [4.78, 5) is 24.3. The molecule has 0 aliphatic heterocycles. The summed E-state index contributed by atoms with van der Waals surface area (Å²) in [6.45, 7) is 8.51. The molecule has 1 rings (SSSR count). The average Bonchev–Trinajstić information content (AvgIpc) is 2.57. The monoisotopic (exact) mass is 355 g/mol. The van der Waals surface area contributed by atoms with E-state index in [0.717, 1.165) is 31.4 Å². The SMILES string of the molecule is CC(=O)/C=C/c1ccc(N(C)CC/C(C)=C\CC[C@H](C)CC(C)=O)cc1. The van der Waals surface area contributed by atoms with Crippen LogP contribution < -0.4 is 4.90 Å². The van der Waals surface area contributed by atoms with Crippen LogP contribution in [0.4, 0.5) is 5.69 Å². The van der Waals surface area contributed by atoms with E-state index in [1.54, 1.807) is 19.9 Å². The number of benzene rings is 1. The minimum Gasteiger partial charge on any atom is -0.374 e. The van der Waals surface area contributed by atoms with Crippen molar-refractivity contribution >= 4 is 23.3 Å². The summed E-state index contributed by atoms with van der Waals surface area (Å²) in [7, 11) is 2.10. The first-order chi connectivity index (χ1) is 12.3. The van der Waals surface area contributed by atoms with E-state index >= 15 is 0 Å². The molecule has 0 bridgehead atoms. The molecule has 0 radical (unpaired) electrons. The van der Waals surface area contributed by atoms with Gasteiger partial charge in [-0.05, 0) is 69.7 Å². The van der Waals surface area contributed by atoms with Crippen LogP contribution in [-0.4, -0.2) is 25.2 Å². The predicted octanol–water partition coefficient (Wildman–Crippen LogP) is 5.46. The number of nitrogens with zero attached hydrogens (tertiary/aromatic N) is 1. The van der Waals surface area contributed by atoms with Gasteiger partial charge in [0.2, 0.25) is 0 Å². The average molecular weight is 356 g/mol. The maximum absolute atomic E-state index is 11.1. The van der Waals surface area contributed by atoms with Crippen LogP contribution in [0.2, 0.25) is 0 Å². The maximum Gasteiger partial charge on any atom is 0.152 e. The molecular weight excluding hydrogens is 322 g/mol. The minimum atomic E-state index is 0.0594. The quantitative estimate of drug-likeness (QED) is 0.391. The normalized spacial score (nSPS) is 13.0. The second-order valence-corrected chi connectivity index (χ2v) is 7.35. The summed E-state index contributed by atoms with van der Waals surface area (Å²) >= 11 is 0. The molecule has 0 amide bonds. The molecule has 3 nitrogen and oxygen atoms in total. The first kappa shape index (κ1) is 21.9. The Morgan fingerprint density at radius 3 is 2.35 bits per heavy atom. The number of carbonyl (C=O) groups is 2. The fraction of sp³-hybridized carbons (Fsp3) is 0.478. The van der Waals surface area contributed by atoms with Crippen LogP contribution in [0.25, 0.3) is 6.08 Å². The van der Waals surface area contributed by atoms with Gasteiger partial charge in [-0.1, -0.05) is 36.8 Å². The van der Waals surface area contributed by atoms with Gasteiger partial charge in [0.05, 0.1) is 0 Å². The molecule has 1 aromatic carbocycles. The summed E-state index contributed by atoms with van der Waals surface area (Å²) in [6.07, 6.45) is 9.57. The van der Waals surface area contributed by atoms with E-state index in [1.165, 1.54) is 11.3 Å². The van der Waals surface area contributed by atoms with Gasteiger partial charge in [-0.15, -0.1) is 0 Å². The molecule has 0 saturated carbocycles. The van der Waals surface area contributed by atoms with Crippen molar-refractivity contribution in [1.82, 2.24) is 0 Å². The van der Waals surface area contributed by atoms with Gasteiger partial charge in [-0.3, -0.25) is 4.79 Å². The zero-order valence-corrected chi connectivity index (χ0v) is 16.9. The highest BCUT2D eigenvalue weighted by atomic mass is 16.1. The molecule has 0 unspecified atom stereocenters. The van der Waals surface area contributed by atoms with Crippen LogP contribution in [-0.2, 0) is 9.59 Å². The Hall–Kier alpha value is -2.16. The highest BCUT2D eigenvalue weighted by Gasteiger charge is 2.05. The molecule has 142 valence electrons. The second-order valence-electron chi connectivity index (χ2n) is 7.35. The maximum atomic E-state index is 11.1. The van der Waals surface area contributed by atoms with Gasteiger partial charge in [-0.2, -0.15) is 0 Å². The Bertz CT molecular complexity index is 641. The van der Waals surface area contributed by atoms with Crippen molar-refractivity contribution in [2.75, 3.05) is 18.5 Å². The van der Waals surface area contributed by atoms with Crippen LogP contribution in [0, 0.1) is 5.92 Å². The molecule has 0 N–H and O–H groups in total. The van der Waals surface area contributed by atoms with Crippen LogP contribution >= 0.6 is 0 Å². The second kappa shape index (κ2) is 11.5. The predicted molar refractivity (Wildman–Crippen MR) is 111 cm³/mol. The highest BCUT2D eigenvalue weighted by Crippen LogP contribution is 2.17. The molecule has 0 fully saturated rings. The van der Waals surface area contributed by atoms with E-state index in [-0.39, 0.29) is 11.6 Å². The lowest BCUT2D eigenvalue weighted by Gasteiger charge is -2.19. The zero-order valence-electron chi connectivity index (χ0n) is 16.9. The number of hydrogen-bond acceptors (Lipinski definition) is 3. The Labute approximate surface area is 158 Å². The van der Waals surface area contributed by atoms with Crippen LogP contribution in [0.3, 0.4) is 0 Å². The van der Waals surface area contributed by atoms with Gasteiger partial charge in [0, 0.05) is 25.7 Å². The highest BCUT2D eigenvalue weighted by molar-refractivity contribution is 5.91. The molecule has 0 aromatic heterocycles. The van der Waals surface area contributed by atoms with Crippen molar-refractivity contribution in [2.45, 2.75) is 53.4 Å². The lowest BCUT2D eigenvalue weighted by Crippen LogP contribution is -2.18. The van der Waals surface area contributed by atoms with Crippen molar-refractivity contribution in [2.24, 2.45) is 5.92 Å². The van der Waals surface area contributed by atoms with Crippen LogP contribution in [0.15, 0.2) is 42.0 Å². The molecule has 0 aliphatic carbocycles. The van der Waals surface area contributed by atoms with Gasteiger partial charge >= 0.3 is 0 Å². The molecule has 0 saturated heterocycles. The van der Waals surface area contributed by atoms with Crippen molar-refractivity contribution < 1.29 is 9.59 Å². The van der Waals surface area contributed by atoms with E-state index in [1.807, 2.05) is 18.2 Å². The largest absolute Gasteiger partial charge is 0.374 e. The van der Waals surface area contributed by atoms with Crippen molar-refractivity contribution in [3.63, 3.8) is 0 Å². The van der Waals surface area contributed by atoms with Crippen molar-refractivity contribution in [3.8, 4) is 0 Å². The van der Waals surface area contributed by atoms with Gasteiger partial charge in [0.25, 0.3) is 0 Å². The number of allylic oxidation sites excluding steroid dienone is 2. The van der Waals surface area contributed by atoms with E-state index < -0.39 is 0 Å². The smallest absolute Gasteiger partial charge is 0.152 e. The van der Waals surface area contributed by atoms with Gasteiger partial charge in [0.1, 0.15) is 5.78 Å². The van der Waals surface area contributed by atoms with Gasteiger partial charge in [-0.25, -0.2) is 0 Å². The number of rotatable bonds is 11. The van der Waals surface area contributed by atoms with E-state index in [2.05, 4.69) is 44.0 Å². The summed E-state index contributed by atoms with van der Waals surface area (Å²) in [5, 5.41) is 0. The molecule has 26 heavy (non-hydrogen) atoms. The Morgan fingerprint density at radius 1 is 1.12 bits per heavy atom. The third-order valence-electron chi connectivity index (χ3n) is 4.47. The number of hydrogen-bond donors (Lipinski definition) is 0. The first-order valence-electron chi connectivity index (χ1n) is 9.43. The fourth-order valence-electron chi connectivity index (χ4n) is 2.84. The summed E-state index contributed by atoms with van der Waals surface area (Å²) < 4.78 is 0. The molecule has 3 heteroatoms. The topological polar surface area (TPSA) is 37.4 Å². The number of ketones is 2. The Balaban J connectivity index is 2.42. The molecule has 0 aliphatic rings. The first-order valence-corrected chi connectivity index (χ1v) is 9.43.